The summed E-state index contributed by atoms with van der Waals surface area (Å²) in [4.78, 5) is 11.2. The lowest BCUT2D eigenvalue weighted by Gasteiger charge is -2.12. The molecule has 110 valence electrons. The predicted octanol–water partition coefficient (Wildman–Crippen LogP) is 3.58. The highest BCUT2D eigenvalue weighted by molar-refractivity contribution is 6.34. The molecule has 0 bridgehead atoms. The molecule has 0 aliphatic heterocycles. The molecule has 0 aromatic heterocycles. The Morgan fingerprint density at radius 1 is 1.33 bits per heavy atom. The van der Waals surface area contributed by atoms with Crippen molar-refractivity contribution in [3.63, 3.8) is 0 Å². The van der Waals surface area contributed by atoms with Crippen LogP contribution in [0.25, 0.3) is 0 Å². The molecule has 0 heterocycles. The second kappa shape index (κ2) is 6.50. The minimum absolute atomic E-state index is 0.0873. The molecule has 0 unspecified atom stereocenters. The maximum Gasteiger partial charge on any atom is 0.337 e. The van der Waals surface area contributed by atoms with E-state index in [1.165, 1.54) is 17.2 Å². The molecular formula is C16H17ClN2O2. The molecule has 0 saturated heterocycles. The number of nitrogens with two attached hydrogens (primary N) is 1. The van der Waals surface area contributed by atoms with Crippen LogP contribution >= 0.6 is 11.6 Å². The largest absolute Gasteiger partial charge is 0.478 e. The normalized spacial score (nSPS) is 10.4. The number of halogens is 1. The van der Waals surface area contributed by atoms with Gasteiger partial charge in [-0.3, -0.25) is 0 Å². The van der Waals surface area contributed by atoms with Gasteiger partial charge in [-0.1, -0.05) is 41.4 Å². The average Bonchev–Trinajstić information content (AvgIpc) is 2.40. The number of rotatable bonds is 5. The molecule has 2 aromatic rings. The molecule has 4 nitrogen and oxygen atoms in total. The number of aromatic carboxylic acids is 1. The van der Waals surface area contributed by atoms with Gasteiger partial charge in [-0.15, -0.1) is 0 Å². The van der Waals surface area contributed by atoms with Gasteiger partial charge in [0.1, 0.15) is 0 Å². The smallest absolute Gasteiger partial charge is 0.337 e. The van der Waals surface area contributed by atoms with Crippen LogP contribution in [0.3, 0.4) is 0 Å². The lowest BCUT2D eigenvalue weighted by atomic mass is 10.1. The monoisotopic (exact) mass is 304 g/mol. The molecule has 0 atom stereocenters. The maximum absolute atomic E-state index is 11.2. The van der Waals surface area contributed by atoms with Crippen molar-refractivity contribution in [2.45, 2.75) is 13.3 Å². The fourth-order valence-corrected chi connectivity index (χ4v) is 2.47. The van der Waals surface area contributed by atoms with Gasteiger partial charge >= 0.3 is 5.97 Å². The third kappa shape index (κ3) is 3.89. The molecule has 0 aliphatic carbocycles. The van der Waals surface area contributed by atoms with Crippen molar-refractivity contribution in [3.8, 4) is 0 Å². The van der Waals surface area contributed by atoms with Gasteiger partial charge in [0, 0.05) is 12.2 Å². The van der Waals surface area contributed by atoms with Crippen LogP contribution in [0.15, 0.2) is 36.4 Å². The van der Waals surface area contributed by atoms with Crippen molar-refractivity contribution in [2.75, 3.05) is 17.6 Å². The Kier molecular flexibility index (Phi) is 4.70. The van der Waals surface area contributed by atoms with E-state index in [9.17, 15) is 9.90 Å². The highest BCUT2D eigenvalue weighted by Crippen LogP contribution is 2.29. The van der Waals surface area contributed by atoms with E-state index in [4.69, 9.17) is 17.3 Å². The fourth-order valence-electron chi connectivity index (χ4n) is 2.18. The summed E-state index contributed by atoms with van der Waals surface area (Å²) in [6.45, 7) is 2.63. The van der Waals surface area contributed by atoms with Crippen molar-refractivity contribution < 1.29 is 9.90 Å². The van der Waals surface area contributed by atoms with Gasteiger partial charge < -0.3 is 16.2 Å². The summed E-state index contributed by atoms with van der Waals surface area (Å²) >= 11 is 6.08. The van der Waals surface area contributed by atoms with Crippen molar-refractivity contribution in [2.24, 2.45) is 0 Å². The number of anilines is 2. The summed E-state index contributed by atoms with van der Waals surface area (Å²) < 4.78 is 0. The molecule has 0 fully saturated rings. The highest BCUT2D eigenvalue weighted by atomic mass is 35.5. The zero-order valence-corrected chi connectivity index (χ0v) is 12.4. The van der Waals surface area contributed by atoms with Crippen molar-refractivity contribution >= 4 is 28.9 Å². The molecule has 0 spiro atoms. The van der Waals surface area contributed by atoms with Gasteiger partial charge in [0.15, 0.2) is 0 Å². The van der Waals surface area contributed by atoms with Crippen LogP contribution in [0.1, 0.15) is 21.5 Å². The van der Waals surface area contributed by atoms with Crippen LogP contribution < -0.4 is 11.1 Å². The minimum atomic E-state index is -1.05. The zero-order valence-electron chi connectivity index (χ0n) is 11.7. The highest BCUT2D eigenvalue weighted by Gasteiger charge is 2.14. The van der Waals surface area contributed by atoms with Crippen LogP contribution in [0.4, 0.5) is 11.4 Å². The van der Waals surface area contributed by atoms with Crippen molar-refractivity contribution in [1.82, 2.24) is 0 Å². The number of carboxylic acid groups (broad SMARTS) is 1. The molecule has 4 N–H and O–H groups in total. The van der Waals surface area contributed by atoms with E-state index in [1.54, 1.807) is 6.07 Å². The fraction of sp³-hybridized carbons (Fsp3) is 0.188. The van der Waals surface area contributed by atoms with E-state index in [0.29, 0.717) is 22.9 Å². The van der Waals surface area contributed by atoms with Gasteiger partial charge in [0.05, 0.1) is 16.3 Å². The van der Waals surface area contributed by atoms with E-state index < -0.39 is 5.97 Å². The Morgan fingerprint density at radius 2 is 2.10 bits per heavy atom. The minimum Gasteiger partial charge on any atom is -0.478 e. The van der Waals surface area contributed by atoms with Crippen molar-refractivity contribution in [3.05, 3.63) is 58.1 Å². The third-order valence-corrected chi connectivity index (χ3v) is 3.44. The van der Waals surface area contributed by atoms with Crippen LogP contribution in [0.2, 0.25) is 5.02 Å². The number of benzene rings is 2. The van der Waals surface area contributed by atoms with E-state index in [-0.39, 0.29) is 5.56 Å². The number of hydrogen-bond donors (Lipinski definition) is 3. The summed E-state index contributed by atoms with van der Waals surface area (Å²) in [6.07, 6.45) is 0.779. The molecular weight excluding hydrogens is 288 g/mol. The Balaban J connectivity index is 2.11. The Bertz CT molecular complexity index is 671. The van der Waals surface area contributed by atoms with Gasteiger partial charge in [-0.25, -0.2) is 4.79 Å². The second-order valence-electron chi connectivity index (χ2n) is 4.90. The van der Waals surface area contributed by atoms with E-state index >= 15 is 0 Å². The van der Waals surface area contributed by atoms with Gasteiger partial charge in [0.25, 0.3) is 0 Å². The Hall–Kier alpha value is -2.20. The summed E-state index contributed by atoms with van der Waals surface area (Å²) in [5.74, 6) is -1.05. The molecule has 5 heteroatoms. The first kappa shape index (κ1) is 15.2. The first-order valence-corrected chi connectivity index (χ1v) is 6.97. The lowest BCUT2D eigenvalue weighted by molar-refractivity contribution is 0.0698. The quantitative estimate of drug-likeness (QED) is 0.738. The first-order chi connectivity index (χ1) is 9.97. The summed E-state index contributed by atoms with van der Waals surface area (Å²) in [5.41, 5.74) is 8.84. The number of nitrogens with one attached hydrogen (secondary N) is 1. The number of nitrogen functional groups attached to an aromatic ring is 1. The number of carboxylic acids is 1. The average molecular weight is 305 g/mol. The summed E-state index contributed by atoms with van der Waals surface area (Å²) in [6, 6.07) is 11.1. The van der Waals surface area contributed by atoms with Crippen LogP contribution in [-0.2, 0) is 6.42 Å². The molecule has 0 radical (unpaired) electrons. The molecule has 0 saturated carbocycles. The topological polar surface area (TPSA) is 75.3 Å². The first-order valence-electron chi connectivity index (χ1n) is 6.59. The van der Waals surface area contributed by atoms with E-state index in [1.807, 2.05) is 25.1 Å². The third-order valence-electron chi connectivity index (χ3n) is 3.14. The molecule has 2 aromatic carbocycles. The van der Waals surface area contributed by atoms with Gasteiger partial charge in [-0.05, 0) is 31.0 Å². The molecule has 0 amide bonds. The standard InChI is InChI=1S/C16H17ClN2O2/c1-10-3-2-4-11(7-10)5-6-19-15-13(16(20)21)8-12(18)9-14(15)17/h2-4,7-9,19H,5-6,18H2,1H3,(H,20,21). The Morgan fingerprint density at radius 3 is 2.76 bits per heavy atom. The summed E-state index contributed by atoms with van der Waals surface area (Å²) in [7, 11) is 0. The number of hydrogen-bond acceptors (Lipinski definition) is 3. The molecule has 2 rings (SSSR count). The number of carbonyl (C=O) groups is 1. The van der Waals surface area contributed by atoms with Gasteiger partial charge in [-0.2, -0.15) is 0 Å². The van der Waals surface area contributed by atoms with Crippen LogP contribution in [-0.4, -0.2) is 17.6 Å². The van der Waals surface area contributed by atoms with Gasteiger partial charge in [0.2, 0.25) is 0 Å². The molecule has 21 heavy (non-hydrogen) atoms. The lowest BCUT2D eigenvalue weighted by Crippen LogP contribution is -2.11. The van der Waals surface area contributed by atoms with E-state index in [2.05, 4.69) is 11.4 Å². The SMILES string of the molecule is Cc1cccc(CCNc2c(Cl)cc(N)cc2C(=O)O)c1. The Labute approximate surface area is 128 Å². The van der Waals surface area contributed by atoms with E-state index in [0.717, 1.165) is 6.42 Å². The summed E-state index contributed by atoms with van der Waals surface area (Å²) in [5, 5.41) is 12.6. The molecule has 0 aliphatic rings. The predicted molar refractivity (Wildman–Crippen MR) is 86.2 cm³/mol. The van der Waals surface area contributed by atoms with Crippen molar-refractivity contribution in [1.29, 1.82) is 0 Å². The number of aryl methyl sites for hydroxylation is 1. The van der Waals surface area contributed by atoms with Crippen LogP contribution in [0, 0.1) is 6.92 Å². The van der Waals surface area contributed by atoms with Crippen LogP contribution in [0.5, 0.6) is 0 Å². The second-order valence-corrected chi connectivity index (χ2v) is 5.30. The maximum atomic E-state index is 11.2. The zero-order chi connectivity index (χ0) is 15.4.